The van der Waals surface area contributed by atoms with E-state index in [1.165, 1.54) is 12.3 Å². The van der Waals surface area contributed by atoms with E-state index in [4.69, 9.17) is 0 Å². The van der Waals surface area contributed by atoms with E-state index >= 15 is 0 Å². The molecule has 1 aliphatic rings. The summed E-state index contributed by atoms with van der Waals surface area (Å²) in [6.07, 6.45) is -1.11. The molecule has 2 aromatic rings. The number of nitrogens with zero attached hydrogens (tertiary/aromatic N) is 4. The molecule has 0 bridgehead atoms. The Morgan fingerprint density at radius 1 is 1.24 bits per heavy atom. The molecule has 2 heterocycles. The minimum Gasteiger partial charge on any atom is -0.294 e. The molecule has 1 atom stereocenters. The number of anilines is 1. The van der Waals surface area contributed by atoms with Gasteiger partial charge in [0.25, 0.3) is 6.43 Å². The zero-order chi connectivity index (χ0) is 21.2. The number of hydrogen-bond donors (Lipinski definition) is 0. The van der Waals surface area contributed by atoms with Crippen LogP contribution in [0.2, 0.25) is 0 Å². The fourth-order valence-corrected chi connectivity index (χ4v) is 4.00. The van der Waals surface area contributed by atoms with E-state index in [0.29, 0.717) is 34.0 Å². The molecule has 3 rings (SSSR count). The van der Waals surface area contributed by atoms with E-state index in [-0.39, 0.29) is 24.5 Å². The number of hydrogen-bond acceptors (Lipinski definition) is 4. The fourth-order valence-electron chi connectivity index (χ4n) is 2.82. The summed E-state index contributed by atoms with van der Waals surface area (Å²) in [5, 5.41) is 7.30. The highest BCUT2D eigenvalue weighted by Gasteiger charge is 2.22. The van der Waals surface area contributed by atoms with Gasteiger partial charge in [-0.3, -0.25) is 9.29 Å². The van der Waals surface area contributed by atoms with Gasteiger partial charge in [0, 0.05) is 39.3 Å². The molecule has 0 spiro atoms. The second kappa shape index (κ2) is 8.36. The van der Waals surface area contributed by atoms with E-state index in [1.54, 1.807) is 42.4 Å². The Bertz CT molecular complexity index is 1060. The minimum atomic E-state index is -2.64. The molecule has 154 valence electrons. The van der Waals surface area contributed by atoms with Gasteiger partial charge in [-0.15, -0.1) is 0 Å². The lowest BCUT2D eigenvalue weighted by Gasteiger charge is -2.28. The lowest BCUT2D eigenvalue weighted by atomic mass is 10.1. The third-order valence-corrected chi connectivity index (χ3v) is 6.69. The lowest BCUT2D eigenvalue weighted by molar-refractivity contribution is 0.224. The van der Waals surface area contributed by atoms with Gasteiger partial charge < -0.3 is 0 Å². The molecule has 0 saturated heterocycles. The average molecular weight is 422 g/mol. The van der Waals surface area contributed by atoms with Crippen molar-refractivity contribution in [2.24, 2.45) is 10.2 Å². The minimum absolute atomic E-state index is 0.0117. The van der Waals surface area contributed by atoms with E-state index < -0.39 is 16.1 Å². The number of rotatable bonds is 7. The van der Waals surface area contributed by atoms with Crippen molar-refractivity contribution in [1.82, 2.24) is 4.98 Å². The van der Waals surface area contributed by atoms with Crippen molar-refractivity contribution in [2.45, 2.75) is 33.2 Å². The highest BCUT2D eigenvalue weighted by atomic mass is 32.2. The van der Waals surface area contributed by atoms with Gasteiger partial charge in [-0.1, -0.05) is 6.92 Å². The number of pyridine rings is 1. The molecule has 1 aliphatic heterocycles. The van der Waals surface area contributed by atoms with Crippen molar-refractivity contribution in [3.05, 3.63) is 59.2 Å². The topological polar surface area (TPSA) is 57.9 Å². The van der Waals surface area contributed by atoms with Crippen molar-refractivity contribution >= 4 is 32.7 Å². The average Bonchev–Trinajstić information content (AvgIpc) is 3.19. The second-order valence-corrected chi connectivity index (χ2v) is 9.25. The number of aromatic nitrogens is 1. The summed E-state index contributed by atoms with van der Waals surface area (Å²) in [6.45, 7) is 3.61. The quantitative estimate of drug-likeness (QED) is 0.634. The highest BCUT2D eigenvalue weighted by molar-refractivity contribution is 8.01. The molecule has 1 aromatic carbocycles. The van der Waals surface area contributed by atoms with Crippen LogP contribution in [-0.4, -0.2) is 38.7 Å². The Kier molecular flexibility index (Phi) is 6.07. The predicted octanol–water partition coefficient (Wildman–Crippen LogP) is 4.00. The van der Waals surface area contributed by atoms with E-state index in [1.807, 2.05) is 0 Å². The number of halogens is 3. The third-order valence-electron chi connectivity index (χ3n) is 4.65. The van der Waals surface area contributed by atoms with Crippen LogP contribution < -0.4 is 4.31 Å². The molecule has 29 heavy (non-hydrogen) atoms. The van der Waals surface area contributed by atoms with E-state index in [9.17, 15) is 17.4 Å². The zero-order valence-electron chi connectivity index (χ0n) is 16.1. The van der Waals surface area contributed by atoms with Crippen LogP contribution in [0.15, 0.2) is 46.7 Å². The lowest BCUT2D eigenvalue weighted by Crippen LogP contribution is -2.32. The van der Waals surface area contributed by atoms with Gasteiger partial charge in [0.05, 0.1) is 18.0 Å². The highest BCUT2D eigenvalue weighted by Crippen LogP contribution is 2.24. The maximum atomic E-state index is 13.7. The Morgan fingerprint density at radius 2 is 2.00 bits per heavy atom. The van der Waals surface area contributed by atoms with Crippen molar-refractivity contribution in [3.63, 3.8) is 0 Å². The molecule has 5 nitrogen and oxygen atoms in total. The first-order valence-electron chi connectivity index (χ1n) is 8.96. The summed E-state index contributed by atoms with van der Waals surface area (Å²) in [5.74, 6) is 3.82. The van der Waals surface area contributed by atoms with Crippen LogP contribution in [0.5, 0.6) is 0 Å². The molecule has 1 unspecified atom stereocenters. The molecule has 0 saturated carbocycles. The van der Waals surface area contributed by atoms with Crippen molar-refractivity contribution in [1.29, 1.82) is 0 Å². The van der Waals surface area contributed by atoms with Crippen molar-refractivity contribution < 1.29 is 17.4 Å². The van der Waals surface area contributed by atoms with Crippen molar-refractivity contribution in [2.75, 3.05) is 10.1 Å². The van der Waals surface area contributed by atoms with Crippen LogP contribution in [0.3, 0.4) is 0 Å². The summed E-state index contributed by atoms with van der Waals surface area (Å²) in [6, 6.07) is 7.95. The molecule has 0 radical (unpaired) electrons. The monoisotopic (exact) mass is 422 g/mol. The van der Waals surface area contributed by atoms with Crippen LogP contribution in [0.4, 0.5) is 18.9 Å². The summed E-state index contributed by atoms with van der Waals surface area (Å²) >= 11 is 0. The summed E-state index contributed by atoms with van der Waals surface area (Å²) in [7, 11) is -2.64. The molecule has 0 aliphatic carbocycles. The van der Waals surface area contributed by atoms with Crippen LogP contribution in [-0.2, 0) is 16.3 Å². The Morgan fingerprint density at radius 3 is 2.55 bits per heavy atom. The van der Waals surface area contributed by atoms with Crippen LogP contribution >= 0.6 is 0 Å². The van der Waals surface area contributed by atoms with Crippen LogP contribution in [0, 0.1) is 12.7 Å². The number of alkyl halides is 2. The molecular formula is C20H21F3N4OS. The number of aryl methyl sites for hydroxylation is 1. The largest absolute Gasteiger partial charge is 0.294 e. The Balaban J connectivity index is 1.83. The smallest absolute Gasteiger partial charge is 0.278 e. The maximum absolute atomic E-state index is 13.7. The first kappa shape index (κ1) is 21.0. The van der Waals surface area contributed by atoms with E-state index in [2.05, 4.69) is 21.1 Å². The first-order valence-corrected chi connectivity index (χ1v) is 10.8. The van der Waals surface area contributed by atoms with Gasteiger partial charge in [-0.25, -0.2) is 17.4 Å². The van der Waals surface area contributed by atoms with E-state index in [0.717, 1.165) is 0 Å². The standard InChI is InChI=1S/C20H21F3N4OS/c1-4-29(3,28)27(16-7-8-17(21)13(2)9-16)12-15-6-5-14(11-24-15)18-10-19(20(22)23)26-25-18/h5-9,11,20H,3-4,10,12H2,1-2H3. The van der Waals surface area contributed by atoms with Gasteiger partial charge in [-0.2, -0.15) is 10.2 Å². The van der Waals surface area contributed by atoms with Gasteiger partial charge in [-0.05, 0) is 48.7 Å². The van der Waals surface area contributed by atoms with Crippen molar-refractivity contribution in [3.8, 4) is 0 Å². The molecule has 9 heteroatoms. The molecule has 0 fully saturated rings. The fraction of sp³-hybridized carbons (Fsp3) is 0.300. The molecule has 1 aromatic heterocycles. The maximum Gasteiger partial charge on any atom is 0.278 e. The molecule has 0 amide bonds. The van der Waals surface area contributed by atoms with Gasteiger partial charge in [0.15, 0.2) is 0 Å². The SMILES string of the molecule is C=S(=O)(CC)N(Cc1ccc(C2=NN=C(C(F)F)C2)cn1)c1ccc(F)c(C)c1. The van der Waals surface area contributed by atoms with Crippen LogP contribution in [0.1, 0.15) is 30.2 Å². The Labute approximate surface area is 168 Å². The summed E-state index contributed by atoms with van der Waals surface area (Å²) < 4.78 is 53.7. The first-order chi connectivity index (χ1) is 13.7. The second-order valence-electron chi connectivity index (χ2n) is 6.69. The summed E-state index contributed by atoms with van der Waals surface area (Å²) in [4.78, 5) is 4.36. The van der Waals surface area contributed by atoms with Crippen LogP contribution in [0.25, 0.3) is 0 Å². The third kappa shape index (κ3) is 4.67. The zero-order valence-corrected chi connectivity index (χ0v) is 16.9. The predicted molar refractivity (Wildman–Crippen MR) is 112 cm³/mol. The van der Waals surface area contributed by atoms with Gasteiger partial charge in [0.2, 0.25) is 0 Å². The number of benzene rings is 1. The van der Waals surface area contributed by atoms with Gasteiger partial charge in [0.1, 0.15) is 11.5 Å². The molecule has 0 N–H and O–H groups in total. The molecular weight excluding hydrogens is 401 g/mol. The Hall–Kier alpha value is -2.68. The van der Waals surface area contributed by atoms with Gasteiger partial charge >= 0.3 is 0 Å². The summed E-state index contributed by atoms with van der Waals surface area (Å²) in [5.41, 5.74) is 2.40. The normalized spacial score (nSPS) is 15.8.